The van der Waals surface area contributed by atoms with E-state index in [1.54, 1.807) is 7.11 Å². The number of fused-ring (bicyclic) bond motifs is 3. The van der Waals surface area contributed by atoms with Crippen LogP contribution < -0.4 is 10.1 Å². The lowest BCUT2D eigenvalue weighted by atomic mass is 9.73. The summed E-state index contributed by atoms with van der Waals surface area (Å²) in [5.41, 5.74) is 3.64. The van der Waals surface area contributed by atoms with Crippen molar-refractivity contribution in [1.82, 2.24) is 5.32 Å². The average molecular weight is 388 g/mol. The predicted molar refractivity (Wildman–Crippen MR) is 104 cm³/mol. The van der Waals surface area contributed by atoms with E-state index in [2.05, 4.69) is 29.6 Å². The fourth-order valence-electron chi connectivity index (χ4n) is 4.61. The first-order chi connectivity index (χ1) is 12.9. The third-order valence-corrected chi connectivity index (χ3v) is 6.27. The second kappa shape index (κ2) is 7.26. The van der Waals surface area contributed by atoms with Gasteiger partial charge in [0.2, 0.25) is 0 Å². The minimum absolute atomic E-state index is 0.0168. The number of aryl methyl sites for hydroxylation is 1. The molecular formula is C21H25NO4S. The molecule has 6 heteroatoms. The molecular weight excluding hydrogens is 362 g/mol. The lowest BCUT2D eigenvalue weighted by Crippen LogP contribution is -2.36. The quantitative estimate of drug-likeness (QED) is 0.800. The van der Waals surface area contributed by atoms with E-state index in [4.69, 9.17) is 8.92 Å². The fourth-order valence-corrected chi connectivity index (χ4v) is 5.17. The molecule has 144 valence electrons. The Morgan fingerprint density at radius 1 is 1.15 bits per heavy atom. The molecule has 2 aromatic rings. The summed E-state index contributed by atoms with van der Waals surface area (Å²) in [4.78, 5) is 0. The summed E-state index contributed by atoms with van der Waals surface area (Å²) in [6.45, 7) is 0. The summed E-state index contributed by atoms with van der Waals surface area (Å²) in [6.07, 6.45) is 3.40. The number of hydrogen-bond donors (Lipinski definition) is 1. The largest absolute Gasteiger partial charge is 0.497 e. The summed E-state index contributed by atoms with van der Waals surface area (Å²) in [6, 6.07) is 16.6. The molecule has 4 rings (SSSR count). The maximum Gasteiger partial charge on any atom is 0.265 e. The van der Waals surface area contributed by atoms with Crippen molar-refractivity contribution in [3.8, 4) is 5.75 Å². The van der Waals surface area contributed by atoms with Crippen LogP contribution in [0.15, 0.2) is 48.5 Å². The molecule has 4 unspecified atom stereocenters. The normalized spacial score (nSPS) is 27.0. The van der Waals surface area contributed by atoms with Crippen molar-refractivity contribution in [3.63, 3.8) is 0 Å². The first kappa shape index (κ1) is 18.5. The molecule has 1 saturated heterocycles. The maximum atomic E-state index is 11.9. The number of benzene rings is 2. The summed E-state index contributed by atoms with van der Waals surface area (Å²) < 4.78 is 34.5. The Kier molecular flexibility index (Phi) is 4.97. The molecule has 0 aromatic heterocycles. The van der Waals surface area contributed by atoms with Gasteiger partial charge in [0, 0.05) is 12.0 Å². The Balaban J connectivity index is 1.67. The van der Waals surface area contributed by atoms with Crippen LogP contribution >= 0.6 is 0 Å². The van der Waals surface area contributed by atoms with Crippen LogP contribution in [-0.4, -0.2) is 34.1 Å². The molecule has 0 radical (unpaired) electrons. The molecule has 0 spiro atoms. The monoisotopic (exact) mass is 387 g/mol. The van der Waals surface area contributed by atoms with Crippen LogP contribution in [0, 0.1) is 5.92 Å². The molecule has 1 N–H and O–H groups in total. The van der Waals surface area contributed by atoms with E-state index in [-0.39, 0.29) is 12.0 Å². The smallest absolute Gasteiger partial charge is 0.265 e. The van der Waals surface area contributed by atoms with Gasteiger partial charge in [-0.05, 0) is 54.0 Å². The molecule has 27 heavy (non-hydrogen) atoms. The number of methoxy groups -OCH3 is 1. The zero-order valence-corrected chi connectivity index (χ0v) is 16.4. The van der Waals surface area contributed by atoms with Gasteiger partial charge in [-0.2, -0.15) is 8.42 Å². The second-order valence-electron chi connectivity index (χ2n) is 7.48. The van der Waals surface area contributed by atoms with E-state index in [9.17, 15) is 8.42 Å². The van der Waals surface area contributed by atoms with E-state index in [0.717, 1.165) is 31.3 Å². The number of hydrogen-bond acceptors (Lipinski definition) is 5. The van der Waals surface area contributed by atoms with Crippen molar-refractivity contribution >= 4 is 10.1 Å². The first-order valence-electron chi connectivity index (χ1n) is 9.29. The molecule has 1 aliphatic carbocycles. The van der Waals surface area contributed by atoms with Crippen molar-refractivity contribution in [1.29, 1.82) is 0 Å². The van der Waals surface area contributed by atoms with Gasteiger partial charge >= 0.3 is 0 Å². The van der Waals surface area contributed by atoms with Crippen molar-refractivity contribution in [2.24, 2.45) is 5.92 Å². The van der Waals surface area contributed by atoms with Crippen LogP contribution in [0.3, 0.4) is 0 Å². The average Bonchev–Trinajstić information content (AvgIpc) is 2.98. The fraction of sp³-hybridized carbons (Fsp3) is 0.429. The van der Waals surface area contributed by atoms with Gasteiger partial charge in [0.05, 0.1) is 13.4 Å². The molecule has 0 bridgehead atoms. The van der Waals surface area contributed by atoms with Crippen LogP contribution in [0.2, 0.25) is 0 Å². The zero-order chi connectivity index (χ0) is 19.0. The summed E-state index contributed by atoms with van der Waals surface area (Å²) in [7, 11) is -1.89. The van der Waals surface area contributed by atoms with Crippen LogP contribution in [0.25, 0.3) is 0 Å². The second-order valence-corrected chi connectivity index (χ2v) is 9.08. The van der Waals surface area contributed by atoms with Crippen LogP contribution in [0.4, 0.5) is 0 Å². The summed E-state index contributed by atoms with van der Waals surface area (Å²) in [5, 5.41) is 3.47. The SMILES string of the molecule is COc1ccc2c(c1)CCC1C(Cc3ccccc3)NC(OS(C)(=O)=O)C21. The predicted octanol–water partition coefficient (Wildman–Crippen LogP) is 2.86. The van der Waals surface area contributed by atoms with Gasteiger partial charge < -0.3 is 4.74 Å². The lowest BCUT2D eigenvalue weighted by Gasteiger charge is -2.32. The Morgan fingerprint density at radius 2 is 1.93 bits per heavy atom. The van der Waals surface area contributed by atoms with Gasteiger partial charge in [-0.3, -0.25) is 9.50 Å². The van der Waals surface area contributed by atoms with Crippen molar-refractivity contribution in [2.45, 2.75) is 37.5 Å². The Morgan fingerprint density at radius 3 is 2.63 bits per heavy atom. The van der Waals surface area contributed by atoms with Gasteiger partial charge in [-0.15, -0.1) is 0 Å². The number of rotatable bonds is 5. The van der Waals surface area contributed by atoms with Gasteiger partial charge in [0.15, 0.2) is 0 Å². The van der Waals surface area contributed by atoms with Crippen molar-refractivity contribution in [3.05, 3.63) is 65.2 Å². The molecule has 0 amide bonds. The number of ether oxygens (including phenoxy) is 1. The topological polar surface area (TPSA) is 64.6 Å². The van der Waals surface area contributed by atoms with E-state index in [1.807, 2.05) is 24.3 Å². The number of nitrogens with one attached hydrogen (secondary N) is 1. The summed E-state index contributed by atoms with van der Waals surface area (Å²) >= 11 is 0. The molecule has 1 fully saturated rings. The van der Waals surface area contributed by atoms with E-state index in [0.29, 0.717) is 5.92 Å². The standard InChI is InChI=1S/C21H25NO4S/c1-25-16-9-11-17-15(13-16)8-10-18-19(12-14-6-4-3-5-7-14)22-21(20(17)18)26-27(2,23)24/h3-7,9,11,13,18-22H,8,10,12H2,1-2H3. The van der Waals surface area contributed by atoms with E-state index >= 15 is 0 Å². The zero-order valence-electron chi connectivity index (χ0n) is 15.6. The summed E-state index contributed by atoms with van der Waals surface area (Å²) in [5.74, 6) is 1.18. The Hall–Kier alpha value is -1.89. The van der Waals surface area contributed by atoms with Gasteiger partial charge in [0.25, 0.3) is 10.1 Å². The Bertz CT molecular complexity index is 913. The highest BCUT2D eigenvalue weighted by Crippen LogP contribution is 2.46. The highest BCUT2D eigenvalue weighted by atomic mass is 32.2. The molecule has 1 aliphatic heterocycles. The highest BCUT2D eigenvalue weighted by Gasteiger charge is 2.47. The van der Waals surface area contributed by atoms with Gasteiger partial charge in [-0.1, -0.05) is 36.4 Å². The third-order valence-electron chi connectivity index (χ3n) is 5.72. The van der Waals surface area contributed by atoms with Crippen LogP contribution in [-0.2, 0) is 27.1 Å². The molecule has 2 aromatic carbocycles. The third kappa shape index (κ3) is 3.88. The van der Waals surface area contributed by atoms with Gasteiger partial charge in [-0.25, -0.2) is 0 Å². The lowest BCUT2D eigenvalue weighted by molar-refractivity contribution is 0.165. The van der Waals surface area contributed by atoms with E-state index in [1.165, 1.54) is 16.7 Å². The molecule has 0 saturated carbocycles. The van der Waals surface area contributed by atoms with Crippen LogP contribution in [0.1, 0.15) is 29.0 Å². The highest BCUT2D eigenvalue weighted by molar-refractivity contribution is 7.86. The van der Waals surface area contributed by atoms with Crippen molar-refractivity contribution < 1.29 is 17.3 Å². The minimum atomic E-state index is -3.56. The molecule has 5 nitrogen and oxygen atoms in total. The first-order valence-corrected chi connectivity index (χ1v) is 11.1. The van der Waals surface area contributed by atoms with E-state index < -0.39 is 16.3 Å². The minimum Gasteiger partial charge on any atom is -0.497 e. The van der Waals surface area contributed by atoms with Gasteiger partial charge in [0.1, 0.15) is 12.0 Å². The van der Waals surface area contributed by atoms with Crippen molar-refractivity contribution in [2.75, 3.05) is 13.4 Å². The molecule has 4 atom stereocenters. The molecule has 1 heterocycles. The molecule has 2 aliphatic rings. The van der Waals surface area contributed by atoms with Crippen LogP contribution in [0.5, 0.6) is 5.75 Å². The Labute approximate surface area is 160 Å². The maximum absolute atomic E-state index is 11.9.